The summed E-state index contributed by atoms with van der Waals surface area (Å²) in [6.45, 7) is 0.669. The van der Waals surface area contributed by atoms with E-state index in [1.54, 1.807) is 12.5 Å². The zero-order valence-electron chi connectivity index (χ0n) is 10.6. The van der Waals surface area contributed by atoms with E-state index in [1.807, 2.05) is 48.1 Å². The van der Waals surface area contributed by atoms with E-state index in [2.05, 4.69) is 15.6 Å². The average Bonchev–Trinajstić information content (AvgIpc) is 3.08. The number of para-hydroxylation sites is 1. The standard InChI is InChI=1S/C14H14N4O/c1-15-10-14-12(7-8-19-14)13-9-16-17-18(13)11-5-3-2-4-6-11/h2-9,15H,10H2,1H3. The minimum absolute atomic E-state index is 0.669. The molecular weight excluding hydrogens is 240 g/mol. The van der Waals surface area contributed by atoms with Crippen LogP contribution in [0.25, 0.3) is 16.9 Å². The van der Waals surface area contributed by atoms with Crippen molar-refractivity contribution in [1.29, 1.82) is 0 Å². The maximum atomic E-state index is 5.49. The number of hydrogen-bond acceptors (Lipinski definition) is 4. The zero-order valence-corrected chi connectivity index (χ0v) is 10.6. The number of nitrogens with zero attached hydrogens (tertiary/aromatic N) is 3. The van der Waals surface area contributed by atoms with Crippen LogP contribution < -0.4 is 5.32 Å². The van der Waals surface area contributed by atoms with Gasteiger partial charge in [0.2, 0.25) is 0 Å². The maximum Gasteiger partial charge on any atom is 0.126 e. The van der Waals surface area contributed by atoms with Crippen molar-refractivity contribution in [2.45, 2.75) is 6.54 Å². The lowest BCUT2D eigenvalue weighted by Crippen LogP contribution is -2.06. The molecule has 0 saturated heterocycles. The van der Waals surface area contributed by atoms with Gasteiger partial charge in [-0.25, -0.2) is 4.68 Å². The average molecular weight is 254 g/mol. The fourth-order valence-corrected chi connectivity index (χ4v) is 2.04. The monoisotopic (exact) mass is 254 g/mol. The highest BCUT2D eigenvalue weighted by Crippen LogP contribution is 2.25. The van der Waals surface area contributed by atoms with Crippen LogP contribution in [-0.2, 0) is 6.54 Å². The molecule has 0 saturated carbocycles. The first-order valence-corrected chi connectivity index (χ1v) is 6.07. The largest absolute Gasteiger partial charge is 0.467 e. The van der Waals surface area contributed by atoms with Crippen molar-refractivity contribution in [2.75, 3.05) is 7.05 Å². The summed E-state index contributed by atoms with van der Waals surface area (Å²) in [4.78, 5) is 0. The van der Waals surface area contributed by atoms with E-state index in [-0.39, 0.29) is 0 Å². The summed E-state index contributed by atoms with van der Waals surface area (Å²) >= 11 is 0. The van der Waals surface area contributed by atoms with Crippen LogP contribution in [0.2, 0.25) is 0 Å². The fraction of sp³-hybridized carbons (Fsp3) is 0.143. The van der Waals surface area contributed by atoms with E-state index in [9.17, 15) is 0 Å². The van der Waals surface area contributed by atoms with Crippen LogP contribution in [0.5, 0.6) is 0 Å². The lowest BCUT2D eigenvalue weighted by molar-refractivity contribution is 0.496. The fourth-order valence-electron chi connectivity index (χ4n) is 2.04. The van der Waals surface area contributed by atoms with E-state index in [1.165, 1.54) is 0 Å². The van der Waals surface area contributed by atoms with Crippen molar-refractivity contribution < 1.29 is 4.42 Å². The molecule has 0 amide bonds. The Balaban J connectivity index is 2.07. The second kappa shape index (κ2) is 5.07. The first kappa shape index (κ1) is 11.7. The van der Waals surface area contributed by atoms with Crippen molar-refractivity contribution in [3.63, 3.8) is 0 Å². The van der Waals surface area contributed by atoms with E-state index in [0.717, 1.165) is 22.7 Å². The normalized spacial score (nSPS) is 10.8. The van der Waals surface area contributed by atoms with Crippen molar-refractivity contribution >= 4 is 0 Å². The van der Waals surface area contributed by atoms with Crippen molar-refractivity contribution in [2.24, 2.45) is 0 Å². The molecular formula is C14H14N4O. The van der Waals surface area contributed by atoms with Crippen LogP contribution in [0.3, 0.4) is 0 Å². The molecule has 5 heteroatoms. The molecule has 1 aromatic carbocycles. The summed E-state index contributed by atoms with van der Waals surface area (Å²) in [5, 5.41) is 11.2. The Labute approximate surface area is 110 Å². The van der Waals surface area contributed by atoms with E-state index in [4.69, 9.17) is 4.42 Å². The summed E-state index contributed by atoms with van der Waals surface area (Å²) in [5.74, 6) is 0.877. The Kier molecular flexibility index (Phi) is 3.12. The van der Waals surface area contributed by atoms with E-state index >= 15 is 0 Å². The second-order valence-electron chi connectivity index (χ2n) is 4.15. The van der Waals surface area contributed by atoms with E-state index < -0.39 is 0 Å². The third-order valence-corrected chi connectivity index (χ3v) is 2.91. The minimum atomic E-state index is 0.669. The van der Waals surface area contributed by atoms with Gasteiger partial charge in [-0.2, -0.15) is 0 Å². The third kappa shape index (κ3) is 2.15. The topological polar surface area (TPSA) is 55.9 Å². The van der Waals surface area contributed by atoms with Crippen LogP contribution in [-0.4, -0.2) is 22.0 Å². The molecule has 0 aliphatic rings. The molecule has 0 unspecified atom stereocenters. The van der Waals surface area contributed by atoms with Gasteiger partial charge in [-0.05, 0) is 25.2 Å². The van der Waals surface area contributed by atoms with Crippen LogP contribution in [0.4, 0.5) is 0 Å². The van der Waals surface area contributed by atoms with E-state index in [0.29, 0.717) is 6.54 Å². The van der Waals surface area contributed by atoms with Crippen molar-refractivity contribution in [1.82, 2.24) is 20.3 Å². The summed E-state index contributed by atoms with van der Waals surface area (Å²) in [5.41, 5.74) is 2.90. The molecule has 0 bridgehead atoms. The molecule has 2 aromatic heterocycles. The van der Waals surface area contributed by atoms with Gasteiger partial charge in [0.25, 0.3) is 0 Å². The first-order chi connectivity index (χ1) is 9.40. The quantitative estimate of drug-likeness (QED) is 0.775. The Morgan fingerprint density at radius 1 is 1.21 bits per heavy atom. The van der Waals surface area contributed by atoms with Gasteiger partial charge < -0.3 is 9.73 Å². The Hall–Kier alpha value is -2.40. The van der Waals surface area contributed by atoms with Crippen molar-refractivity contribution in [3.8, 4) is 16.9 Å². The highest BCUT2D eigenvalue weighted by atomic mass is 16.3. The molecule has 0 spiro atoms. The van der Waals surface area contributed by atoms with Gasteiger partial charge in [-0.15, -0.1) is 5.10 Å². The maximum absolute atomic E-state index is 5.49. The molecule has 0 radical (unpaired) electrons. The van der Waals surface area contributed by atoms with Gasteiger partial charge in [0.15, 0.2) is 0 Å². The summed E-state index contributed by atoms with van der Waals surface area (Å²) in [6.07, 6.45) is 3.43. The van der Waals surface area contributed by atoms with Gasteiger partial charge in [0.05, 0.1) is 30.4 Å². The number of nitrogens with one attached hydrogen (secondary N) is 1. The molecule has 0 aliphatic heterocycles. The van der Waals surface area contributed by atoms with Crippen LogP contribution >= 0.6 is 0 Å². The Bertz CT molecular complexity index is 657. The predicted molar refractivity (Wildman–Crippen MR) is 71.8 cm³/mol. The number of furan rings is 1. The van der Waals surface area contributed by atoms with Crippen LogP contribution in [0.15, 0.2) is 53.3 Å². The molecule has 3 aromatic rings. The number of aromatic nitrogens is 3. The second-order valence-corrected chi connectivity index (χ2v) is 4.15. The number of hydrogen-bond donors (Lipinski definition) is 1. The molecule has 0 atom stereocenters. The van der Waals surface area contributed by atoms with Gasteiger partial charge in [0.1, 0.15) is 5.76 Å². The van der Waals surface area contributed by atoms with Gasteiger partial charge in [-0.3, -0.25) is 0 Å². The number of rotatable bonds is 4. The van der Waals surface area contributed by atoms with Crippen molar-refractivity contribution in [3.05, 3.63) is 54.6 Å². The lowest BCUT2D eigenvalue weighted by atomic mass is 10.2. The zero-order chi connectivity index (χ0) is 13.1. The summed E-state index contributed by atoms with van der Waals surface area (Å²) in [6, 6.07) is 11.9. The molecule has 1 N–H and O–H groups in total. The summed E-state index contributed by atoms with van der Waals surface area (Å²) < 4.78 is 7.30. The molecule has 2 heterocycles. The Morgan fingerprint density at radius 3 is 2.84 bits per heavy atom. The Morgan fingerprint density at radius 2 is 2.05 bits per heavy atom. The lowest BCUT2D eigenvalue weighted by Gasteiger charge is -2.06. The molecule has 96 valence electrons. The van der Waals surface area contributed by atoms with Gasteiger partial charge in [-0.1, -0.05) is 23.4 Å². The van der Waals surface area contributed by atoms with Gasteiger partial charge >= 0.3 is 0 Å². The SMILES string of the molecule is CNCc1occc1-c1cnnn1-c1ccccc1. The molecule has 0 aliphatic carbocycles. The molecule has 0 fully saturated rings. The molecule has 19 heavy (non-hydrogen) atoms. The van der Waals surface area contributed by atoms with Crippen LogP contribution in [0.1, 0.15) is 5.76 Å². The predicted octanol–water partition coefficient (Wildman–Crippen LogP) is 2.25. The molecule has 5 nitrogen and oxygen atoms in total. The molecule has 3 rings (SSSR count). The highest BCUT2D eigenvalue weighted by Gasteiger charge is 2.14. The third-order valence-electron chi connectivity index (χ3n) is 2.91. The number of benzene rings is 1. The highest BCUT2D eigenvalue weighted by molar-refractivity contribution is 5.62. The minimum Gasteiger partial charge on any atom is -0.467 e. The van der Waals surface area contributed by atoms with Crippen LogP contribution in [0, 0.1) is 0 Å². The smallest absolute Gasteiger partial charge is 0.126 e. The summed E-state index contributed by atoms with van der Waals surface area (Å²) in [7, 11) is 1.89. The van der Waals surface area contributed by atoms with Gasteiger partial charge in [0, 0.05) is 5.56 Å². The first-order valence-electron chi connectivity index (χ1n) is 6.07.